The van der Waals surface area contributed by atoms with Crippen molar-refractivity contribution >= 4 is 11.8 Å². The zero-order chi connectivity index (χ0) is 17.6. The third-order valence-corrected chi connectivity index (χ3v) is 5.29. The average molecular weight is 344 g/mol. The Hall–Kier alpha value is -1.88. The van der Waals surface area contributed by atoms with Crippen molar-refractivity contribution in [3.8, 4) is 0 Å². The number of aryl methyl sites for hydroxylation is 1. The molecule has 5 heteroatoms. The van der Waals surface area contributed by atoms with Gasteiger partial charge in [0.1, 0.15) is 0 Å². The van der Waals surface area contributed by atoms with Crippen molar-refractivity contribution in [2.24, 2.45) is 5.92 Å². The number of carbonyl (C=O) groups excluding carboxylic acids is 2. The smallest absolute Gasteiger partial charge is 0.254 e. The van der Waals surface area contributed by atoms with E-state index in [1.807, 2.05) is 34.1 Å². The number of ether oxygens (including phenoxy) is 1. The molecule has 1 aromatic carbocycles. The van der Waals surface area contributed by atoms with Crippen molar-refractivity contribution in [3.63, 3.8) is 0 Å². The Morgan fingerprint density at radius 1 is 1.04 bits per heavy atom. The van der Waals surface area contributed by atoms with Crippen molar-refractivity contribution in [3.05, 3.63) is 35.4 Å². The molecular formula is C20H28N2O3. The predicted molar refractivity (Wildman–Crippen MR) is 96.5 cm³/mol. The van der Waals surface area contributed by atoms with Crippen molar-refractivity contribution in [2.45, 2.75) is 32.6 Å². The number of benzene rings is 1. The first-order valence-corrected chi connectivity index (χ1v) is 9.44. The van der Waals surface area contributed by atoms with Crippen LogP contribution in [0.5, 0.6) is 0 Å². The average Bonchev–Trinajstić information content (AvgIpc) is 2.93. The molecule has 2 aliphatic rings. The molecule has 2 aliphatic heterocycles. The Balaban J connectivity index is 1.63. The Bertz CT molecular complexity index is 611. The first-order chi connectivity index (χ1) is 12.2. The molecule has 0 N–H and O–H groups in total. The number of rotatable bonds is 3. The SMILES string of the molecule is CCc1ccccc1C(=O)N1CCCN(C(=O)C2CCOCC2)CC1. The Kier molecular flexibility index (Phi) is 6.08. The van der Waals surface area contributed by atoms with E-state index in [2.05, 4.69) is 6.92 Å². The Labute approximate surface area is 149 Å². The summed E-state index contributed by atoms with van der Waals surface area (Å²) in [6.07, 6.45) is 3.34. The summed E-state index contributed by atoms with van der Waals surface area (Å²) < 4.78 is 5.36. The molecule has 0 spiro atoms. The van der Waals surface area contributed by atoms with Crippen LogP contribution in [0.25, 0.3) is 0 Å². The second kappa shape index (κ2) is 8.48. The monoisotopic (exact) mass is 344 g/mol. The number of nitrogens with zero attached hydrogens (tertiary/aromatic N) is 2. The predicted octanol–water partition coefficient (Wildman–Crippen LogP) is 2.35. The number of amides is 2. The topological polar surface area (TPSA) is 49.9 Å². The first kappa shape index (κ1) is 17.9. The zero-order valence-electron chi connectivity index (χ0n) is 15.1. The van der Waals surface area contributed by atoms with Gasteiger partial charge >= 0.3 is 0 Å². The molecule has 2 heterocycles. The molecule has 0 bridgehead atoms. The second-order valence-electron chi connectivity index (χ2n) is 6.87. The molecule has 5 nitrogen and oxygen atoms in total. The van der Waals surface area contributed by atoms with Gasteiger partial charge in [-0.05, 0) is 37.3 Å². The minimum Gasteiger partial charge on any atom is -0.381 e. The van der Waals surface area contributed by atoms with Gasteiger partial charge in [-0.1, -0.05) is 25.1 Å². The summed E-state index contributed by atoms with van der Waals surface area (Å²) in [4.78, 5) is 29.5. The van der Waals surface area contributed by atoms with Crippen LogP contribution in [0, 0.1) is 5.92 Å². The van der Waals surface area contributed by atoms with Crippen molar-refractivity contribution in [1.82, 2.24) is 9.80 Å². The van der Waals surface area contributed by atoms with Gasteiger partial charge in [-0.2, -0.15) is 0 Å². The minimum absolute atomic E-state index is 0.0943. The molecule has 0 unspecified atom stereocenters. The summed E-state index contributed by atoms with van der Waals surface area (Å²) >= 11 is 0. The van der Waals surface area contributed by atoms with E-state index in [0.717, 1.165) is 43.4 Å². The first-order valence-electron chi connectivity index (χ1n) is 9.44. The van der Waals surface area contributed by atoms with E-state index < -0.39 is 0 Å². The number of carbonyl (C=O) groups is 2. The van der Waals surface area contributed by atoms with Crippen LogP contribution in [-0.4, -0.2) is 61.0 Å². The van der Waals surface area contributed by atoms with Gasteiger partial charge in [-0.3, -0.25) is 9.59 Å². The lowest BCUT2D eigenvalue weighted by molar-refractivity contribution is -0.138. The molecule has 2 fully saturated rings. The molecular weight excluding hydrogens is 316 g/mol. The maximum Gasteiger partial charge on any atom is 0.254 e. The third-order valence-electron chi connectivity index (χ3n) is 5.29. The normalized spacial score (nSPS) is 19.6. The van der Waals surface area contributed by atoms with Crippen LogP contribution in [0.4, 0.5) is 0 Å². The van der Waals surface area contributed by atoms with Crippen LogP contribution in [0.1, 0.15) is 42.1 Å². The Morgan fingerprint density at radius 3 is 2.48 bits per heavy atom. The highest BCUT2D eigenvalue weighted by Crippen LogP contribution is 2.20. The van der Waals surface area contributed by atoms with Crippen LogP contribution in [0.15, 0.2) is 24.3 Å². The lowest BCUT2D eigenvalue weighted by Gasteiger charge is -2.28. The van der Waals surface area contributed by atoms with Gasteiger partial charge in [0.05, 0.1) is 0 Å². The fourth-order valence-corrected chi connectivity index (χ4v) is 3.75. The van der Waals surface area contributed by atoms with E-state index in [-0.39, 0.29) is 17.7 Å². The van der Waals surface area contributed by atoms with E-state index in [4.69, 9.17) is 4.74 Å². The van der Waals surface area contributed by atoms with Crippen molar-refractivity contribution in [1.29, 1.82) is 0 Å². The van der Waals surface area contributed by atoms with Gasteiger partial charge in [0.15, 0.2) is 0 Å². The van der Waals surface area contributed by atoms with Gasteiger partial charge in [-0.15, -0.1) is 0 Å². The molecule has 0 atom stereocenters. The zero-order valence-corrected chi connectivity index (χ0v) is 15.1. The number of hydrogen-bond acceptors (Lipinski definition) is 3. The highest BCUT2D eigenvalue weighted by molar-refractivity contribution is 5.95. The van der Waals surface area contributed by atoms with Crippen LogP contribution in [0.2, 0.25) is 0 Å². The van der Waals surface area contributed by atoms with Gasteiger partial charge in [0.25, 0.3) is 5.91 Å². The van der Waals surface area contributed by atoms with Gasteiger partial charge in [0.2, 0.25) is 5.91 Å². The van der Waals surface area contributed by atoms with E-state index in [9.17, 15) is 9.59 Å². The van der Waals surface area contributed by atoms with Gasteiger partial charge < -0.3 is 14.5 Å². The summed E-state index contributed by atoms with van der Waals surface area (Å²) in [6, 6.07) is 7.83. The summed E-state index contributed by atoms with van der Waals surface area (Å²) in [7, 11) is 0. The summed E-state index contributed by atoms with van der Waals surface area (Å²) in [5, 5.41) is 0. The van der Waals surface area contributed by atoms with E-state index >= 15 is 0 Å². The molecule has 0 radical (unpaired) electrons. The molecule has 3 rings (SSSR count). The molecule has 2 amide bonds. The molecule has 1 aromatic rings. The second-order valence-corrected chi connectivity index (χ2v) is 6.87. The highest BCUT2D eigenvalue weighted by Gasteiger charge is 2.29. The highest BCUT2D eigenvalue weighted by atomic mass is 16.5. The van der Waals surface area contributed by atoms with Crippen molar-refractivity contribution < 1.29 is 14.3 Å². The van der Waals surface area contributed by atoms with E-state index in [0.29, 0.717) is 32.8 Å². The van der Waals surface area contributed by atoms with Crippen molar-refractivity contribution in [2.75, 3.05) is 39.4 Å². The van der Waals surface area contributed by atoms with Gasteiger partial charge in [-0.25, -0.2) is 0 Å². The number of hydrogen-bond donors (Lipinski definition) is 0. The standard InChI is InChI=1S/C20H28N2O3/c1-2-16-6-3-4-7-18(16)20(24)22-11-5-10-21(12-13-22)19(23)17-8-14-25-15-9-17/h3-4,6-7,17H,2,5,8-15H2,1H3. The third kappa shape index (κ3) is 4.21. The summed E-state index contributed by atoms with van der Waals surface area (Å²) in [5.41, 5.74) is 1.89. The molecule has 0 aromatic heterocycles. The van der Waals surface area contributed by atoms with Gasteiger partial charge in [0, 0.05) is 50.9 Å². The maximum absolute atomic E-state index is 12.9. The lowest BCUT2D eigenvalue weighted by atomic mass is 9.98. The fourth-order valence-electron chi connectivity index (χ4n) is 3.75. The maximum atomic E-state index is 12.9. The Morgan fingerprint density at radius 2 is 1.72 bits per heavy atom. The van der Waals surface area contributed by atoms with Crippen LogP contribution in [-0.2, 0) is 16.0 Å². The van der Waals surface area contributed by atoms with E-state index in [1.54, 1.807) is 0 Å². The largest absolute Gasteiger partial charge is 0.381 e. The lowest BCUT2D eigenvalue weighted by Crippen LogP contribution is -2.41. The van der Waals surface area contributed by atoms with Crippen LogP contribution < -0.4 is 0 Å². The quantitative estimate of drug-likeness (QED) is 0.846. The van der Waals surface area contributed by atoms with E-state index in [1.165, 1.54) is 0 Å². The minimum atomic E-state index is 0.0943. The summed E-state index contributed by atoms with van der Waals surface area (Å²) in [5.74, 6) is 0.432. The molecule has 0 saturated carbocycles. The fraction of sp³-hybridized carbons (Fsp3) is 0.600. The molecule has 2 saturated heterocycles. The molecule has 25 heavy (non-hydrogen) atoms. The van der Waals surface area contributed by atoms with Crippen LogP contribution in [0.3, 0.4) is 0 Å². The summed E-state index contributed by atoms with van der Waals surface area (Å²) in [6.45, 7) is 6.15. The van der Waals surface area contributed by atoms with Crippen LogP contribution >= 0.6 is 0 Å². The molecule has 136 valence electrons. The molecule has 0 aliphatic carbocycles.